The molecule has 2 aromatic heterocycles. The topological polar surface area (TPSA) is 81.5 Å². The Kier molecular flexibility index (Phi) is 6.99. The molecule has 0 unspecified atom stereocenters. The largest absolute Gasteiger partial charge is 0.462 e. The number of fused-ring (bicyclic) bond motifs is 1. The van der Waals surface area contributed by atoms with Gasteiger partial charge >= 0.3 is 5.97 Å². The third-order valence-electron chi connectivity index (χ3n) is 4.82. The number of amides is 1. The van der Waals surface area contributed by atoms with Gasteiger partial charge in [-0.05, 0) is 43.5 Å². The minimum atomic E-state index is -0.432. The zero-order chi connectivity index (χ0) is 21.7. The van der Waals surface area contributed by atoms with E-state index in [9.17, 15) is 14.4 Å². The van der Waals surface area contributed by atoms with Crippen LogP contribution in [0.4, 0.5) is 0 Å². The summed E-state index contributed by atoms with van der Waals surface area (Å²) >= 11 is 1.61. The molecule has 0 aliphatic carbocycles. The van der Waals surface area contributed by atoms with Gasteiger partial charge in [-0.15, -0.1) is 11.3 Å². The molecule has 1 aromatic carbocycles. The highest BCUT2D eigenvalue weighted by molar-refractivity contribution is 7.09. The third-order valence-corrected chi connectivity index (χ3v) is 5.68. The van der Waals surface area contributed by atoms with Crippen molar-refractivity contribution < 1.29 is 14.3 Å². The molecule has 1 amide bonds. The van der Waals surface area contributed by atoms with Gasteiger partial charge in [0.15, 0.2) is 0 Å². The number of aromatic nitrogens is 2. The minimum absolute atomic E-state index is 0.0367. The molecular formula is C22H25N3O4S. The van der Waals surface area contributed by atoms with Crippen LogP contribution in [0.2, 0.25) is 0 Å². The lowest BCUT2D eigenvalue weighted by Crippen LogP contribution is -2.29. The average molecular weight is 428 g/mol. The summed E-state index contributed by atoms with van der Waals surface area (Å²) in [4.78, 5) is 44.7. The Hall–Kier alpha value is -3.00. The quantitative estimate of drug-likeness (QED) is 0.516. The number of carbonyl (C=O) groups excluding carboxylic acids is 2. The molecule has 7 nitrogen and oxygen atoms in total. The second kappa shape index (κ2) is 9.67. The second-order valence-electron chi connectivity index (χ2n) is 6.86. The minimum Gasteiger partial charge on any atom is -0.462 e. The molecule has 0 fully saturated rings. The Morgan fingerprint density at radius 1 is 1.23 bits per heavy atom. The Morgan fingerprint density at radius 2 is 2.03 bits per heavy atom. The van der Waals surface area contributed by atoms with E-state index in [4.69, 9.17) is 4.74 Å². The number of hydrogen-bond donors (Lipinski definition) is 0. The molecule has 30 heavy (non-hydrogen) atoms. The lowest BCUT2D eigenvalue weighted by molar-refractivity contribution is -0.130. The highest BCUT2D eigenvalue weighted by Crippen LogP contribution is 2.16. The number of thiophene rings is 1. The van der Waals surface area contributed by atoms with E-state index in [2.05, 4.69) is 4.98 Å². The van der Waals surface area contributed by atoms with Crippen molar-refractivity contribution in [3.63, 3.8) is 0 Å². The zero-order valence-corrected chi connectivity index (χ0v) is 18.2. The van der Waals surface area contributed by atoms with Crippen molar-refractivity contribution in [3.8, 4) is 0 Å². The molecule has 0 N–H and O–H groups in total. The fourth-order valence-electron chi connectivity index (χ4n) is 3.25. The van der Waals surface area contributed by atoms with Gasteiger partial charge in [-0.3, -0.25) is 9.59 Å². The van der Waals surface area contributed by atoms with Gasteiger partial charge in [-0.25, -0.2) is 9.78 Å². The lowest BCUT2D eigenvalue weighted by atomic mass is 10.1. The first-order valence-electron chi connectivity index (χ1n) is 9.91. The Bertz CT molecular complexity index is 1110. The van der Waals surface area contributed by atoms with Gasteiger partial charge in [0.2, 0.25) is 5.91 Å². The fraction of sp³-hybridized carbons (Fsp3) is 0.364. The van der Waals surface area contributed by atoms with Crippen molar-refractivity contribution in [1.29, 1.82) is 0 Å². The average Bonchev–Trinajstić information content (AvgIpc) is 3.25. The van der Waals surface area contributed by atoms with E-state index in [1.165, 1.54) is 0 Å². The van der Waals surface area contributed by atoms with Gasteiger partial charge in [0.05, 0.1) is 29.7 Å². The first kappa shape index (κ1) is 21.7. The predicted octanol–water partition coefficient (Wildman–Crippen LogP) is 3.25. The summed E-state index contributed by atoms with van der Waals surface area (Å²) in [7, 11) is 1.76. The number of nitrogens with zero attached hydrogens (tertiary/aromatic N) is 3. The van der Waals surface area contributed by atoms with E-state index >= 15 is 0 Å². The van der Waals surface area contributed by atoms with Crippen molar-refractivity contribution >= 4 is 34.2 Å². The molecule has 0 saturated carbocycles. The SMILES string of the molecule is CCOC(=O)c1ccc2nc(CCC(=O)N(C)Cc3cccs3)c(=O)n(CC)c2c1. The van der Waals surface area contributed by atoms with Gasteiger partial charge < -0.3 is 14.2 Å². The van der Waals surface area contributed by atoms with Crippen LogP contribution in [0.3, 0.4) is 0 Å². The van der Waals surface area contributed by atoms with Gasteiger partial charge in [0, 0.05) is 31.3 Å². The Morgan fingerprint density at radius 3 is 2.70 bits per heavy atom. The molecule has 2 heterocycles. The van der Waals surface area contributed by atoms with Crippen LogP contribution in [0.1, 0.15) is 41.2 Å². The van der Waals surface area contributed by atoms with E-state index in [-0.39, 0.29) is 30.9 Å². The van der Waals surface area contributed by atoms with Gasteiger partial charge in [0.25, 0.3) is 5.56 Å². The Labute approximate surface area is 178 Å². The number of benzene rings is 1. The van der Waals surface area contributed by atoms with Crippen molar-refractivity contribution in [2.75, 3.05) is 13.7 Å². The summed E-state index contributed by atoms with van der Waals surface area (Å²) in [6.45, 7) is 4.87. The maximum Gasteiger partial charge on any atom is 0.338 e. The Balaban J connectivity index is 1.81. The monoisotopic (exact) mass is 427 g/mol. The molecule has 158 valence electrons. The van der Waals surface area contributed by atoms with Crippen molar-refractivity contribution in [3.05, 3.63) is 62.2 Å². The highest BCUT2D eigenvalue weighted by Gasteiger charge is 2.16. The van der Waals surface area contributed by atoms with E-state index in [0.29, 0.717) is 35.4 Å². The normalized spacial score (nSPS) is 10.9. The van der Waals surface area contributed by atoms with Crippen molar-refractivity contribution in [2.24, 2.45) is 0 Å². The van der Waals surface area contributed by atoms with Gasteiger partial charge in [-0.1, -0.05) is 6.07 Å². The first-order chi connectivity index (χ1) is 14.4. The number of aryl methyl sites for hydroxylation is 2. The summed E-state index contributed by atoms with van der Waals surface area (Å²) in [5.41, 5.74) is 1.69. The van der Waals surface area contributed by atoms with Crippen LogP contribution >= 0.6 is 11.3 Å². The standard InChI is InChI=1S/C22H25N3O4S/c1-4-25-19-13-15(22(28)29-5-2)8-9-17(19)23-18(21(25)27)10-11-20(26)24(3)14-16-7-6-12-30-16/h6-9,12-13H,4-5,10-11,14H2,1-3H3. The summed E-state index contributed by atoms with van der Waals surface area (Å²) < 4.78 is 6.62. The molecule has 3 rings (SSSR count). The molecular weight excluding hydrogens is 402 g/mol. The number of esters is 1. The van der Waals surface area contributed by atoms with E-state index < -0.39 is 5.97 Å². The van der Waals surface area contributed by atoms with Crippen molar-refractivity contribution in [2.45, 2.75) is 39.8 Å². The van der Waals surface area contributed by atoms with Gasteiger partial charge in [0.1, 0.15) is 5.69 Å². The summed E-state index contributed by atoms with van der Waals surface area (Å²) in [5.74, 6) is -0.469. The maximum absolute atomic E-state index is 12.9. The van der Waals surface area contributed by atoms with Gasteiger partial charge in [-0.2, -0.15) is 0 Å². The molecule has 0 aliphatic rings. The molecule has 0 bridgehead atoms. The van der Waals surface area contributed by atoms with E-state index in [1.807, 2.05) is 24.4 Å². The molecule has 0 saturated heterocycles. The number of rotatable bonds is 8. The van der Waals surface area contributed by atoms with E-state index in [0.717, 1.165) is 4.88 Å². The number of carbonyl (C=O) groups is 2. The summed E-state index contributed by atoms with van der Waals surface area (Å²) in [5, 5.41) is 1.98. The maximum atomic E-state index is 12.9. The lowest BCUT2D eigenvalue weighted by Gasteiger charge is -2.16. The molecule has 0 aliphatic heterocycles. The molecule has 0 radical (unpaired) electrons. The molecule has 3 aromatic rings. The smallest absolute Gasteiger partial charge is 0.338 e. The van der Waals surface area contributed by atoms with Crippen LogP contribution in [0, 0.1) is 0 Å². The fourth-order valence-corrected chi connectivity index (χ4v) is 4.01. The predicted molar refractivity (Wildman–Crippen MR) is 117 cm³/mol. The van der Waals surface area contributed by atoms with Crippen LogP contribution < -0.4 is 5.56 Å². The van der Waals surface area contributed by atoms with Crippen LogP contribution in [-0.4, -0.2) is 40.0 Å². The molecule has 0 atom stereocenters. The van der Waals surface area contributed by atoms with Crippen LogP contribution in [0.5, 0.6) is 0 Å². The van der Waals surface area contributed by atoms with Crippen molar-refractivity contribution in [1.82, 2.24) is 14.5 Å². The van der Waals surface area contributed by atoms with E-state index in [1.54, 1.807) is 53.0 Å². The number of ether oxygens (including phenoxy) is 1. The molecule has 8 heteroatoms. The summed E-state index contributed by atoms with van der Waals surface area (Å²) in [6.07, 6.45) is 0.474. The second-order valence-corrected chi connectivity index (χ2v) is 7.89. The summed E-state index contributed by atoms with van der Waals surface area (Å²) in [6, 6.07) is 8.93. The first-order valence-corrected chi connectivity index (χ1v) is 10.8. The number of hydrogen-bond acceptors (Lipinski definition) is 6. The van der Waals surface area contributed by atoms with Crippen LogP contribution in [0.15, 0.2) is 40.5 Å². The zero-order valence-electron chi connectivity index (χ0n) is 17.4. The third kappa shape index (κ3) is 4.76. The molecule has 0 spiro atoms. The highest BCUT2D eigenvalue weighted by atomic mass is 32.1. The van der Waals surface area contributed by atoms with Crippen LogP contribution in [0.25, 0.3) is 11.0 Å². The van der Waals surface area contributed by atoms with Crippen LogP contribution in [-0.2, 0) is 29.0 Å².